The van der Waals surface area contributed by atoms with Gasteiger partial charge >= 0.3 is 24.3 Å². The molecule has 0 unspecified atom stereocenters. The van der Waals surface area contributed by atoms with E-state index in [9.17, 15) is 41.0 Å². The molecule has 6 rings (SSSR count). The van der Waals surface area contributed by atoms with Crippen molar-refractivity contribution < 1.29 is 45.8 Å². The van der Waals surface area contributed by atoms with Crippen LogP contribution in [0, 0.1) is 0 Å². The van der Waals surface area contributed by atoms with Gasteiger partial charge in [0, 0.05) is 49.6 Å². The second-order valence-corrected chi connectivity index (χ2v) is 13.3. The third-order valence-electron chi connectivity index (χ3n) is 9.53. The molecule has 0 saturated carbocycles. The van der Waals surface area contributed by atoms with Crippen LogP contribution in [0.4, 0.5) is 37.7 Å². The van der Waals surface area contributed by atoms with E-state index in [1.807, 2.05) is 77.4 Å². The molecule has 4 aromatic rings. The molecule has 0 bridgehead atoms. The number of methoxy groups -OCH3 is 1. The lowest BCUT2D eigenvalue weighted by Crippen LogP contribution is -2.74. The molecule has 2 fully saturated rings. The quantitative estimate of drug-likeness (QED) is 0.111. The topological polar surface area (TPSA) is 94.1 Å². The van der Waals surface area contributed by atoms with E-state index in [0.717, 1.165) is 35.6 Å². The van der Waals surface area contributed by atoms with Crippen molar-refractivity contribution in [3.8, 4) is 0 Å². The van der Waals surface area contributed by atoms with Crippen molar-refractivity contribution in [1.82, 2.24) is 10.6 Å². The van der Waals surface area contributed by atoms with Gasteiger partial charge in [-0.1, -0.05) is 60.7 Å². The first-order valence-corrected chi connectivity index (χ1v) is 16.8. The average Bonchev–Trinajstić information content (AvgIpc) is 3.10. The lowest BCUT2D eigenvalue weighted by atomic mass is 9.87. The first kappa shape index (κ1) is 45.0. The number of esters is 1. The Kier molecular flexibility index (Phi) is 14.8. The number of ether oxygens (including phenoxy) is 1. The number of anilines is 2. The third-order valence-corrected chi connectivity index (χ3v) is 9.53. The van der Waals surface area contributed by atoms with Crippen molar-refractivity contribution in [3.05, 3.63) is 131 Å². The van der Waals surface area contributed by atoms with E-state index in [4.69, 9.17) is 4.74 Å². The van der Waals surface area contributed by atoms with Gasteiger partial charge in [0.25, 0.3) is 0 Å². The van der Waals surface area contributed by atoms with Crippen LogP contribution < -0.4 is 20.4 Å². The molecular weight excluding hydrogens is 767 g/mol. The summed E-state index contributed by atoms with van der Waals surface area (Å²) in [4.78, 5) is 28.2. The first-order chi connectivity index (χ1) is 25.0. The molecular formula is C39H44F6N4O4S2. The Morgan fingerprint density at radius 2 is 0.945 bits per heavy atom. The molecule has 8 nitrogen and oxygen atoms in total. The number of carbonyl (C=O) groups is 2. The summed E-state index contributed by atoms with van der Waals surface area (Å²) < 4.78 is 81.2. The van der Waals surface area contributed by atoms with Gasteiger partial charge in [-0.25, -0.2) is 4.79 Å². The average molecular weight is 811 g/mol. The van der Waals surface area contributed by atoms with Crippen molar-refractivity contribution in [2.75, 3.05) is 43.1 Å². The zero-order chi connectivity index (χ0) is 38.6. The van der Waals surface area contributed by atoms with Crippen molar-refractivity contribution in [2.45, 2.75) is 49.4 Å². The van der Waals surface area contributed by atoms with Crippen LogP contribution in [-0.2, 0) is 26.7 Å². The minimum atomic E-state index is -4.39. The van der Waals surface area contributed by atoms with Gasteiger partial charge in [-0.05, 0) is 73.5 Å². The molecule has 4 aromatic carbocycles. The summed E-state index contributed by atoms with van der Waals surface area (Å²) in [6.07, 6.45) is -8.76. The molecule has 0 spiro atoms. The van der Waals surface area contributed by atoms with Crippen LogP contribution in [0.5, 0.6) is 0 Å². The number of rotatable bonds is 10. The van der Waals surface area contributed by atoms with Gasteiger partial charge in [-0.3, -0.25) is 15.4 Å². The summed E-state index contributed by atoms with van der Waals surface area (Å²) in [5, 5.41) is 16.0. The van der Waals surface area contributed by atoms with Crippen LogP contribution in [-0.4, -0.2) is 61.4 Å². The number of carbonyl (C=O) groups excluding carboxylic acids is 1. The second-order valence-electron chi connectivity index (χ2n) is 13.3. The summed E-state index contributed by atoms with van der Waals surface area (Å²) in [6.45, 7) is 4.99. The molecule has 298 valence electrons. The van der Waals surface area contributed by atoms with Crippen LogP contribution in [0.3, 0.4) is 0 Å². The normalized spacial score (nSPS) is 16.7. The van der Waals surface area contributed by atoms with Crippen LogP contribution in [0.1, 0.15) is 48.2 Å². The van der Waals surface area contributed by atoms with E-state index in [-0.39, 0.29) is 52.1 Å². The van der Waals surface area contributed by atoms with E-state index in [1.165, 1.54) is 31.4 Å². The maximum atomic E-state index is 12.7. The number of halogens is 6. The number of nitrogens with zero attached hydrogens (tertiary/aromatic N) is 2. The van der Waals surface area contributed by atoms with Crippen LogP contribution in [0.15, 0.2) is 109 Å². The number of hydrogen-bond donors (Lipinski definition) is 3. The van der Waals surface area contributed by atoms with E-state index in [0.29, 0.717) is 24.2 Å². The van der Waals surface area contributed by atoms with Crippen molar-refractivity contribution in [3.63, 3.8) is 0 Å². The molecule has 16 heteroatoms. The zero-order valence-corrected chi connectivity index (χ0v) is 32.2. The number of hydrogen-bond acceptors (Lipinski definition) is 7. The Bertz CT molecular complexity index is 1840. The number of carboxylic acid groups (broad SMARTS) is 1. The Morgan fingerprint density at radius 3 is 1.25 bits per heavy atom. The lowest BCUT2D eigenvalue weighted by Gasteiger charge is -2.50. The Morgan fingerprint density at radius 1 is 0.618 bits per heavy atom. The van der Waals surface area contributed by atoms with E-state index in [1.54, 1.807) is 6.92 Å². The smallest absolute Gasteiger partial charge is 0.416 e. The molecule has 0 amide bonds. The van der Waals surface area contributed by atoms with Gasteiger partial charge < -0.3 is 19.6 Å². The van der Waals surface area contributed by atoms with Gasteiger partial charge in [-0.2, -0.15) is 53.3 Å². The van der Waals surface area contributed by atoms with Gasteiger partial charge in [-0.15, -0.1) is 0 Å². The van der Waals surface area contributed by atoms with Crippen LogP contribution >= 0.6 is 27.0 Å². The predicted octanol–water partition coefficient (Wildman–Crippen LogP) is 7.71. The van der Waals surface area contributed by atoms with Gasteiger partial charge in [0.15, 0.2) is 11.1 Å². The predicted molar refractivity (Wildman–Crippen MR) is 209 cm³/mol. The lowest BCUT2D eigenvalue weighted by molar-refractivity contribution is -0.150. The molecule has 3 N–H and O–H groups in total. The highest BCUT2D eigenvalue weighted by molar-refractivity contribution is 7.59. The number of para-hydroxylation sites is 2. The molecule has 2 heterocycles. The van der Waals surface area contributed by atoms with Crippen molar-refractivity contribution in [1.29, 1.82) is 0 Å². The molecule has 2 aliphatic rings. The number of alkyl halides is 6. The first-order valence-electron chi connectivity index (χ1n) is 16.8. The number of benzene rings is 4. The van der Waals surface area contributed by atoms with E-state index in [2.05, 4.69) is 10.6 Å². The summed E-state index contributed by atoms with van der Waals surface area (Å²) in [5.74, 6) is -1.35. The fourth-order valence-electron chi connectivity index (χ4n) is 6.53. The number of carboxylic acids is 1. The van der Waals surface area contributed by atoms with Gasteiger partial charge in [0.2, 0.25) is 0 Å². The summed E-state index contributed by atoms with van der Waals surface area (Å²) in [7, 11) is 1.33. The third kappa shape index (κ3) is 10.5. The van der Waals surface area contributed by atoms with Crippen LogP contribution in [0.25, 0.3) is 0 Å². The van der Waals surface area contributed by atoms with E-state index < -0.39 is 46.6 Å². The standard InChI is InChI=1S/C20H21F3N2O2.C19H19F3N2O2.2H2S/c1-14(15-8-10-16(11-9-15)20(21,22)23)24-19(18(26)27-2)12-25(13-19)17-6-4-3-5-7-17;1-13(14-7-9-15(10-8-14)19(20,21)22)23-18(17(25)26)11-24(12-18)16-5-3-2-4-6-16;;/h3-11,14,24H,12-13H2,1-2H3;2-10,13,23H,11-12H2,1H3,(H,25,26);2*1H2/t14-;13-;;/m00../s1. The molecule has 2 aliphatic heterocycles. The molecule has 2 atom stereocenters. The highest BCUT2D eigenvalue weighted by Gasteiger charge is 2.52. The van der Waals surface area contributed by atoms with Gasteiger partial charge in [0.05, 0.1) is 18.2 Å². The van der Waals surface area contributed by atoms with Crippen molar-refractivity contribution >= 4 is 50.3 Å². The molecule has 0 aliphatic carbocycles. The Balaban J connectivity index is 0.000000285. The Hall–Kier alpha value is -4.38. The molecule has 0 radical (unpaired) electrons. The molecule has 55 heavy (non-hydrogen) atoms. The number of aliphatic carboxylic acids is 1. The highest BCUT2D eigenvalue weighted by atomic mass is 32.1. The minimum Gasteiger partial charge on any atom is -0.480 e. The SMILES string of the molecule is COC(=O)C1(N[C@@H](C)c2ccc(C(F)(F)F)cc2)CN(c2ccccc2)C1.C[C@H](NC1(C(=O)O)CN(c2ccccc2)C1)c1ccc(C(F)(F)F)cc1.S.S. The monoisotopic (exact) mass is 810 g/mol. The highest BCUT2D eigenvalue weighted by Crippen LogP contribution is 2.35. The largest absolute Gasteiger partial charge is 0.480 e. The number of nitrogens with one attached hydrogen (secondary N) is 2. The second kappa shape index (κ2) is 18.0. The molecule has 2 saturated heterocycles. The van der Waals surface area contributed by atoms with E-state index >= 15 is 0 Å². The van der Waals surface area contributed by atoms with Crippen molar-refractivity contribution in [2.24, 2.45) is 0 Å². The Labute approximate surface area is 329 Å². The molecule has 0 aromatic heterocycles. The maximum Gasteiger partial charge on any atom is 0.416 e. The summed E-state index contributed by atoms with van der Waals surface area (Å²) in [5.41, 5.74) is -0.221. The zero-order valence-electron chi connectivity index (χ0n) is 30.2. The minimum absolute atomic E-state index is 0. The van der Waals surface area contributed by atoms with Gasteiger partial charge in [0.1, 0.15) is 0 Å². The maximum absolute atomic E-state index is 12.7. The fraction of sp³-hybridized carbons (Fsp3) is 0.333. The summed E-state index contributed by atoms with van der Waals surface area (Å²) in [6, 6.07) is 28.2. The summed E-state index contributed by atoms with van der Waals surface area (Å²) >= 11 is 0. The van der Waals surface area contributed by atoms with Crippen LogP contribution in [0.2, 0.25) is 0 Å². The fourth-order valence-corrected chi connectivity index (χ4v) is 6.53.